The van der Waals surface area contributed by atoms with Crippen molar-refractivity contribution in [2.75, 3.05) is 6.61 Å². The molecular formula is C24H20INO. The average Bonchev–Trinajstić information content (AvgIpc) is 2.90. The molecule has 0 N–H and O–H groups in total. The van der Waals surface area contributed by atoms with E-state index in [2.05, 4.69) is 112 Å². The van der Waals surface area contributed by atoms with E-state index < -0.39 is 5.72 Å². The number of ether oxygens (including phenoxy) is 1. The molecule has 134 valence electrons. The number of para-hydroxylation sites is 1. The first-order valence-corrected chi connectivity index (χ1v) is 10.4. The van der Waals surface area contributed by atoms with E-state index in [4.69, 9.17) is 4.74 Å². The second-order valence-corrected chi connectivity index (χ2v) is 8.02. The van der Waals surface area contributed by atoms with Gasteiger partial charge in [0, 0.05) is 25.8 Å². The highest BCUT2D eigenvalue weighted by Crippen LogP contribution is 2.43. The average molecular weight is 465 g/mol. The van der Waals surface area contributed by atoms with Gasteiger partial charge in [-0.15, -0.1) is 0 Å². The van der Waals surface area contributed by atoms with Gasteiger partial charge in [0.05, 0.1) is 12.1 Å². The van der Waals surface area contributed by atoms with Crippen molar-refractivity contribution in [3.63, 3.8) is 0 Å². The molecule has 5 rings (SSSR count). The summed E-state index contributed by atoms with van der Waals surface area (Å²) in [4.78, 5) is 0. The third kappa shape index (κ3) is 2.56. The highest BCUT2D eigenvalue weighted by molar-refractivity contribution is 14.1. The Morgan fingerprint density at radius 1 is 0.778 bits per heavy atom. The van der Waals surface area contributed by atoms with Crippen molar-refractivity contribution in [3.8, 4) is 0 Å². The topological polar surface area (TPSA) is 14.2 Å². The van der Waals surface area contributed by atoms with Crippen LogP contribution >= 0.6 is 22.6 Å². The van der Waals surface area contributed by atoms with Crippen molar-refractivity contribution in [1.29, 1.82) is 0 Å². The van der Waals surface area contributed by atoms with Crippen molar-refractivity contribution in [2.24, 2.45) is 0 Å². The van der Waals surface area contributed by atoms with Crippen LogP contribution in [0.1, 0.15) is 23.2 Å². The number of hydrogen-bond donors (Lipinski definition) is 0. The molecule has 0 saturated heterocycles. The third-order valence-corrected chi connectivity index (χ3v) is 6.62. The second-order valence-electron chi connectivity index (χ2n) is 6.94. The Hall–Kier alpha value is -2.11. The molecule has 0 bridgehead atoms. The summed E-state index contributed by atoms with van der Waals surface area (Å²) in [6.07, 6.45) is 2.04. The van der Waals surface area contributed by atoms with Crippen LogP contribution in [0.25, 0.3) is 10.9 Å². The number of halogens is 1. The van der Waals surface area contributed by atoms with Gasteiger partial charge in [0.2, 0.25) is 0 Å². The monoisotopic (exact) mass is 465 g/mol. The number of fused-ring (bicyclic) bond motifs is 3. The van der Waals surface area contributed by atoms with E-state index in [-0.39, 0.29) is 0 Å². The molecule has 0 amide bonds. The molecule has 0 saturated carbocycles. The highest BCUT2D eigenvalue weighted by atomic mass is 127. The van der Waals surface area contributed by atoms with Crippen LogP contribution in [0.4, 0.5) is 0 Å². The van der Waals surface area contributed by atoms with Crippen LogP contribution in [0.2, 0.25) is 0 Å². The van der Waals surface area contributed by atoms with E-state index in [0.717, 1.165) is 30.6 Å². The molecule has 0 atom stereocenters. The Morgan fingerprint density at radius 3 is 2.04 bits per heavy atom. The molecule has 27 heavy (non-hydrogen) atoms. The molecule has 3 aromatic carbocycles. The molecule has 4 aromatic rings. The predicted octanol–water partition coefficient (Wildman–Crippen LogP) is 5.96. The lowest BCUT2D eigenvalue weighted by molar-refractivity contribution is -0.0324. The first-order valence-electron chi connectivity index (χ1n) is 9.35. The van der Waals surface area contributed by atoms with Crippen LogP contribution in [-0.4, -0.2) is 11.2 Å². The predicted molar refractivity (Wildman–Crippen MR) is 118 cm³/mol. The maximum atomic E-state index is 6.77. The Labute approximate surface area is 172 Å². The Morgan fingerprint density at radius 2 is 1.37 bits per heavy atom. The fourth-order valence-electron chi connectivity index (χ4n) is 4.28. The Kier molecular flexibility index (Phi) is 4.29. The maximum Gasteiger partial charge on any atom is 0.197 e. The van der Waals surface area contributed by atoms with E-state index in [1.807, 2.05) is 0 Å². The van der Waals surface area contributed by atoms with Gasteiger partial charge >= 0.3 is 0 Å². The van der Waals surface area contributed by atoms with Gasteiger partial charge in [0.25, 0.3) is 0 Å². The minimum Gasteiger partial charge on any atom is -0.347 e. The van der Waals surface area contributed by atoms with Gasteiger partial charge in [-0.05, 0) is 41.5 Å². The third-order valence-electron chi connectivity index (χ3n) is 5.42. The Bertz CT molecular complexity index is 1050. The van der Waals surface area contributed by atoms with E-state index in [1.165, 1.54) is 20.2 Å². The van der Waals surface area contributed by atoms with Crippen LogP contribution in [0, 0.1) is 3.57 Å². The van der Waals surface area contributed by atoms with Gasteiger partial charge in [-0.1, -0.05) is 78.9 Å². The Balaban J connectivity index is 1.95. The molecule has 2 heterocycles. The number of rotatable bonds is 2. The van der Waals surface area contributed by atoms with Gasteiger partial charge in [-0.3, -0.25) is 0 Å². The molecule has 1 aliphatic heterocycles. The molecule has 1 aromatic heterocycles. The van der Waals surface area contributed by atoms with Crippen LogP contribution < -0.4 is 0 Å². The van der Waals surface area contributed by atoms with Gasteiger partial charge < -0.3 is 9.30 Å². The van der Waals surface area contributed by atoms with E-state index in [1.54, 1.807) is 0 Å². The van der Waals surface area contributed by atoms with Crippen LogP contribution in [-0.2, 0) is 16.9 Å². The summed E-state index contributed by atoms with van der Waals surface area (Å²) in [7, 11) is 0. The van der Waals surface area contributed by atoms with Gasteiger partial charge in [0.15, 0.2) is 5.72 Å². The number of aromatic nitrogens is 1. The van der Waals surface area contributed by atoms with Crippen LogP contribution in [0.3, 0.4) is 0 Å². The molecule has 2 nitrogen and oxygen atoms in total. The lowest BCUT2D eigenvalue weighted by Crippen LogP contribution is -2.39. The minimum atomic E-state index is -0.655. The summed E-state index contributed by atoms with van der Waals surface area (Å²) >= 11 is 2.51. The zero-order valence-electron chi connectivity index (χ0n) is 14.9. The molecule has 0 spiro atoms. The van der Waals surface area contributed by atoms with Crippen LogP contribution in [0.15, 0.2) is 84.9 Å². The minimum absolute atomic E-state index is 0.655. The van der Waals surface area contributed by atoms with Gasteiger partial charge in [-0.25, -0.2) is 0 Å². The molecule has 1 aliphatic rings. The molecule has 0 unspecified atom stereocenters. The summed E-state index contributed by atoms with van der Waals surface area (Å²) in [6, 6.07) is 30.0. The lowest BCUT2D eigenvalue weighted by atomic mass is 9.93. The molecule has 0 fully saturated rings. The largest absolute Gasteiger partial charge is 0.347 e. The van der Waals surface area contributed by atoms with E-state index >= 15 is 0 Å². The molecule has 0 aliphatic carbocycles. The van der Waals surface area contributed by atoms with Gasteiger partial charge in [0.1, 0.15) is 0 Å². The zero-order valence-corrected chi connectivity index (χ0v) is 17.1. The number of benzene rings is 3. The second kappa shape index (κ2) is 6.80. The molecular weight excluding hydrogens is 445 g/mol. The molecule has 3 heteroatoms. The van der Waals surface area contributed by atoms with Crippen molar-refractivity contribution < 1.29 is 4.74 Å². The molecule has 0 radical (unpaired) electrons. The fourth-order valence-corrected chi connectivity index (χ4v) is 5.25. The SMILES string of the molecule is Ic1c2n(c3ccccc13)C(c1ccccc1)(c1ccccc1)OCCC2. The summed E-state index contributed by atoms with van der Waals surface area (Å²) in [5.41, 5.74) is 4.26. The van der Waals surface area contributed by atoms with Crippen molar-refractivity contribution in [2.45, 2.75) is 18.6 Å². The normalized spacial score (nSPS) is 16.0. The van der Waals surface area contributed by atoms with Crippen molar-refractivity contribution in [1.82, 2.24) is 4.57 Å². The fraction of sp³-hybridized carbons (Fsp3) is 0.167. The summed E-state index contributed by atoms with van der Waals surface area (Å²) < 4.78 is 10.6. The maximum absolute atomic E-state index is 6.77. The first-order chi connectivity index (χ1) is 13.3. The quantitative estimate of drug-likeness (QED) is 0.334. The summed E-state index contributed by atoms with van der Waals surface area (Å²) in [6.45, 7) is 0.732. The smallest absolute Gasteiger partial charge is 0.197 e. The number of nitrogens with zero attached hydrogens (tertiary/aromatic N) is 1. The van der Waals surface area contributed by atoms with Crippen molar-refractivity contribution in [3.05, 3.63) is 105 Å². The zero-order chi connectivity index (χ0) is 18.3. The van der Waals surface area contributed by atoms with Crippen LogP contribution in [0.5, 0.6) is 0 Å². The van der Waals surface area contributed by atoms with E-state index in [0.29, 0.717) is 0 Å². The van der Waals surface area contributed by atoms with Crippen molar-refractivity contribution >= 4 is 33.5 Å². The lowest BCUT2D eigenvalue weighted by Gasteiger charge is -2.37. The standard InChI is InChI=1S/C24H20INO/c25-23-20-14-7-8-15-21(20)26-22(23)16-9-17-27-24(26,18-10-3-1-4-11-18)19-12-5-2-6-13-19/h1-8,10-15H,9,16-17H2. The summed E-state index contributed by atoms with van der Waals surface area (Å²) in [5.74, 6) is 0. The number of hydrogen-bond acceptors (Lipinski definition) is 1. The van der Waals surface area contributed by atoms with Gasteiger partial charge in [-0.2, -0.15) is 0 Å². The van der Waals surface area contributed by atoms with E-state index in [9.17, 15) is 0 Å². The summed E-state index contributed by atoms with van der Waals surface area (Å²) in [5, 5.41) is 1.30. The first kappa shape index (κ1) is 17.0. The highest BCUT2D eigenvalue weighted by Gasteiger charge is 2.42.